The van der Waals surface area contributed by atoms with Gasteiger partial charge in [0, 0.05) is 22.2 Å². The van der Waals surface area contributed by atoms with Gasteiger partial charge < -0.3 is 15.0 Å². The van der Waals surface area contributed by atoms with E-state index in [0.29, 0.717) is 11.3 Å². The summed E-state index contributed by atoms with van der Waals surface area (Å²) in [5.74, 6) is 0.661. The summed E-state index contributed by atoms with van der Waals surface area (Å²) in [6.07, 6.45) is 0. The van der Waals surface area contributed by atoms with Gasteiger partial charge in [0.2, 0.25) is 0 Å². The van der Waals surface area contributed by atoms with Gasteiger partial charge in [-0.3, -0.25) is 4.79 Å². The Morgan fingerprint density at radius 1 is 1.18 bits per heavy atom. The lowest BCUT2D eigenvalue weighted by atomic mass is 9.93. The highest BCUT2D eigenvalue weighted by Crippen LogP contribution is 2.41. The number of hydrogen-bond donors (Lipinski definition) is 2. The maximum Gasteiger partial charge on any atom is 0.257 e. The molecule has 2 aromatic heterocycles. The minimum absolute atomic E-state index is 0.0867. The highest BCUT2D eigenvalue weighted by molar-refractivity contribution is 7.18. The summed E-state index contributed by atoms with van der Waals surface area (Å²) >= 11 is 1.54. The fourth-order valence-electron chi connectivity index (χ4n) is 3.97. The maximum absolute atomic E-state index is 12.4. The van der Waals surface area contributed by atoms with Crippen molar-refractivity contribution in [2.75, 3.05) is 20.6 Å². The van der Waals surface area contributed by atoms with Crippen LogP contribution in [0.5, 0.6) is 5.75 Å². The lowest BCUT2D eigenvalue weighted by molar-refractivity contribution is 0.383. The predicted octanol–water partition coefficient (Wildman–Crippen LogP) is 5.09. The first-order valence-corrected chi connectivity index (χ1v) is 10.3. The van der Waals surface area contributed by atoms with Crippen molar-refractivity contribution in [2.45, 2.75) is 19.8 Å². The Hall–Kier alpha value is -2.63. The summed E-state index contributed by atoms with van der Waals surface area (Å²) in [5, 5.41) is 14.3. The molecule has 0 fully saturated rings. The normalized spacial score (nSPS) is 12.9. The van der Waals surface area contributed by atoms with Crippen LogP contribution in [0, 0.1) is 6.92 Å². The molecule has 0 saturated carbocycles. The van der Waals surface area contributed by atoms with Crippen LogP contribution in [0.3, 0.4) is 0 Å². The van der Waals surface area contributed by atoms with Gasteiger partial charge in [-0.1, -0.05) is 31.2 Å². The quantitative estimate of drug-likeness (QED) is 0.509. The molecule has 2 aromatic carbocycles. The Morgan fingerprint density at radius 3 is 2.57 bits per heavy atom. The van der Waals surface area contributed by atoms with E-state index < -0.39 is 0 Å². The molecule has 4 rings (SSSR count). The Kier molecular flexibility index (Phi) is 4.73. The van der Waals surface area contributed by atoms with E-state index in [9.17, 15) is 9.90 Å². The van der Waals surface area contributed by atoms with Crippen molar-refractivity contribution in [2.24, 2.45) is 0 Å². The number of likely N-dealkylation sites (N-methyl/N-ethyl adjacent to an activating group) is 1. The summed E-state index contributed by atoms with van der Waals surface area (Å²) in [6.45, 7) is 5.11. The zero-order valence-electron chi connectivity index (χ0n) is 16.5. The third-order valence-electron chi connectivity index (χ3n) is 5.29. The number of aromatic amines is 1. The zero-order valence-corrected chi connectivity index (χ0v) is 17.4. The molecular formula is C23H24N2O2S. The lowest BCUT2D eigenvalue weighted by Crippen LogP contribution is -2.18. The van der Waals surface area contributed by atoms with Crippen molar-refractivity contribution in [1.82, 2.24) is 9.88 Å². The van der Waals surface area contributed by atoms with Crippen LogP contribution in [0.2, 0.25) is 0 Å². The SMILES string of the molecule is Cc1cc(O)c(-c2ccc([C@@H](C)CN(C)C)cc2)c2c1[nH]c(=O)c1ccsc12. The van der Waals surface area contributed by atoms with Gasteiger partial charge in [0.1, 0.15) is 5.75 Å². The van der Waals surface area contributed by atoms with E-state index in [1.807, 2.05) is 18.4 Å². The number of phenols is 1. The van der Waals surface area contributed by atoms with Crippen LogP contribution in [0.25, 0.3) is 32.1 Å². The molecule has 144 valence electrons. The second-order valence-corrected chi connectivity index (χ2v) is 8.66. The molecule has 0 aliphatic rings. The van der Waals surface area contributed by atoms with Crippen molar-refractivity contribution in [3.8, 4) is 16.9 Å². The second kappa shape index (κ2) is 7.08. The molecule has 0 aliphatic heterocycles. The van der Waals surface area contributed by atoms with E-state index in [1.165, 1.54) is 16.9 Å². The first-order valence-electron chi connectivity index (χ1n) is 9.37. The molecule has 0 aliphatic carbocycles. The molecule has 0 spiro atoms. The maximum atomic E-state index is 12.4. The largest absolute Gasteiger partial charge is 0.507 e. The number of nitrogens with one attached hydrogen (secondary N) is 1. The van der Waals surface area contributed by atoms with E-state index in [-0.39, 0.29) is 11.3 Å². The summed E-state index contributed by atoms with van der Waals surface area (Å²) < 4.78 is 0.915. The Balaban J connectivity index is 1.94. The van der Waals surface area contributed by atoms with E-state index >= 15 is 0 Å². The van der Waals surface area contributed by atoms with Gasteiger partial charge in [0.05, 0.1) is 10.9 Å². The van der Waals surface area contributed by atoms with E-state index in [4.69, 9.17) is 0 Å². The Morgan fingerprint density at radius 2 is 1.89 bits per heavy atom. The van der Waals surface area contributed by atoms with Crippen LogP contribution < -0.4 is 5.56 Å². The number of fused-ring (bicyclic) bond motifs is 3. The highest BCUT2D eigenvalue weighted by atomic mass is 32.1. The number of rotatable bonds is 4. The first kappa shape index (κ1) is 18.7. The van der Waals surface area contributed by atoms with Crippen LogP contribution in [-0.2, 0) is 0 Å². The number of hydrogen-bond acceptors (Lipinski definition) is 4. The molecule has 5 heteroatoms. The van der Waals surface area contributed by atoms with E-state index in [0.717, 1.165) is 38.8 Å². The van der Waals surface area contributed by atoms with Crippen LogP contribution in [0.15, 0.2) is 46.6 Å². The third kappa shape index (κ3) is 3.11. The highest BCUT2D eigenvalue weighted by Gasteiger charge is 2.18. The standard InChI is InChI=1S/C23H24N2O2S/c1-13-11-18(26)19(16-7-5-15(6-8-16)14(2)12-25(3)4)20-21(13)24-23(27)17-9-10-28-22(17)20/h5-11,14,26H,12H2,1-4H3,(H,24,27)/t14-/m0/s1. The fourth-order valence-corrected chi connectivity index (χ4v) is 4.92. The van der Waals surface area contributed by atoms with Crippen LogP contribution in [-0.4, -0.2) is 35.6 Å². The number of nitrogens with zero attached hydrogens (tertiary/aromatic N) is 1. The Labute approximate surface area is 168 Å². The number of aryl methyl sites for hydroxylation is 1. The topological polar surface area (TPSA) is 56.3 Å². The third-order valence-corrected chi connectivity index (χ3v) is 6.22. The van der Waals surface area contributed by atoms with Crippen molar-refractivity contribution in [1.29, 1.82) is 0 Å². The first-order chi connectivity index (χ1) is 13.4. The zero-order chi connectivity index (χ0) is 20.0. The van der Waals surface area contributed by atoms with Crippen molar-refractivity contribution >= 4 is 32.3 Å². The minimum atomic E-state index is -0.0867. The molecule has 2 N–H and O–H groups in total. The molecule has 0 saturated heterocycles. The molecule has 0 amide bonds. The molecule has 28 heavy (non-hydrogen) atoms. The van der Waals surface area contributed by atoms with E-state index in [1.54, 1.807) is 6.07 Å². The second-order valence-electron chi connectivity index (χ2n) is 7.74. The van der Waals surface area contributed by atoms with Crippen LogP contribution >= 0.6 is 11.3 Å². The summed E-state index contributed by atoms with van der Waals surface area (Å²) in [5.41, 5.74) is 4.55. The molecule has 4 aromatic rings. The number of aromatic hydroxyl groups is 1. The fraction of sp³-hybridized carbons (Fsp3) is 0.261. The van der Waals surface area contributed by atoms with Gasteiger partial charge in [-0.25, -0.2) is 0 Å². The average molecular weight is 393 g/mol. The summed E-state index contributed by atoms with van der Waals surface area (Å²) in [4.78, 5) is 17.6. The number of thiophene rings is 1. The monoisotopic (exact) mass is 392 g/mol. The van der Waals surface area contributed by atoms with Crippen LogP contribution in [0.4, 0.5) is 0 Å². The summed E-state index contributed by atoms with van der Waals surface area (Å²) in [7, 11) is 4.16. The molecule has 4 nitrogen and oxygen atoms in total. The number of phenolic OH excluding ortho intramolecular Hbond substituents is 1. The van der Waals surface area contributed by atoms with Crippen molar-refractivity contribution < 1.29 is 5.11 Å². The minimum Gasteiger partial charge on any atom is -0.507 e. The number of aromatic nitrogens is 1. The van der Waals surface area contributed by atoms with Gasteiger partial charge in [-0.2, -0.15) is 0 Å². The number of H-pyrrole nitrogens is 1. The van der Waals surface area contributed by atoms with E-state index in [2.05, 4.69) is 55.2 Å². The van der Waals surface area contributed by atoms with Crippen molar-refractivity contribution in [3.05, 3.63) is 63.3 Å². The molecular weight excluding hydrogens is 368 g/mol. The van der Waals surface area contributed by atoms with Gasteiger partial charge >= 0.3 is 0 Å². The number of pyridine rings is 1. The smallest absolute Gasteiger partial charge is 0.257 e. The van der Waals surface area contributed by atoms with Gasteiger partial charge in [0.25, 0.3) is 5.56 Å². The predicted molar refractivity (Wildman–Crippen MR) is 119 cm³/mol. The molecule has 0 radical (unpaired) electrons. The molecule has 2 heterocycles. The molecule has 0 bridgehead atoms. The summed E-state index contributed by atoms with van der Waals surface area (Å²) in [6, 6.07) is 12.0. The average Bonchev–Trinajstić information content (AvgIpc) is 3.13. The lowest BCUT2D eigenvalue weighted by Gasteiger charge is -2.18. The Bertz CT molecular complexity index is 1220. The molecule has 1 atom stereocenters. The van der Waals surface area contributed by atoms with Gasteiger partial charge in [0.15, 0.2) is 0 Å². The van der Waals surface area contributed by atoms with Crippen LogP contribution in [0.1, 0.15) is 24.0 Å². The van der Waals surface area contributed by atoms with Crippen molar-refractivity contribution in [3.63, 3.8) is 0 Å². The molecule has 0 unspecified atom stereocenters. The van der Waals surface area contributed by atoms with Gasteiger partial charge in [-0.05, 0) is 61.1 Å². The van der Waals surface area contributed by atoms with Gasteiger partial charge in [-0.15, -0.1) is 11.3 Å². The number of benzene rings is 2.